The number of carbonyl (C=O) groups is 2. The van der Waals surface area contributed by atoms with Crippen molar-refractivity contribution in [1.29, 1.82) is 0 Å². The number of nitrogens with one attached hydrogen (secondary N) is 1. The molecule has 2 unspecified atom stereocenters. The lowest BCUT2D eigenvalue weighted by Crippen LogP contribution is -2.49. The number of carbonyl (C=O) groups excluding carboxylic acids is 1. The van der Waals surface area contributed by atoms with Crippen molar-refractivity contribution in [2.45, 2.75) is 45.8 Å². The second kappa shape index (κ2) is 8.29. The number of ether oxygens (including phenoxy) is 1. The van der Waals surface area contributed by atoms with E-state index < -0.39 is 24.0 Å². The minimum absolute atomic E-state index is 0.138. The zero-order valence-electron chi connectivity index (χ0n) is 12.7. The molecule has 0 saturated heterocycles. The van der Waals surface area contributed by atoms with Crippen LogP contribution in [0.5, 0.6) is 5.75 Å². The van der Waals surface area contributed by atoms with E-state index in [0.29, 0.717) is 18.6 Å². The lowest BCUT2D eigenvalue weighted by Gasteiger charge is -2.23. The van der Waals surface area contributed by atoms with Gasteiger partial charge in [-0.3, -0.25) is 4.79 Å². The highest BCUT2D eigenvalue weighted by Crippen LogP contribution is 2.14. The number of amides is 1. The highest BCUT2D eigenvalue weighted by atomic mass is 16.5. The second-order valence-corrected chi connectivity index (χ2v) is 5.04. The van der Waals surface area contributed by atoms with E-state index >= 15 is 0 Å². The molecule has 0 radical (unpaired) electrons. The Morgan fingerprint density at radius 1 is 1.19 bits per heavy atom. The van der Waals surface area contributed by atoms with E-state index in [2.05, 4.69) is 5.32 Å². The molecular weight excluding hydrogens is 270 g/mol. The fourth-order valence-corrected chi connectivity index (χ4v) is 1.91. The van der Waals surface area contributed by atoms with Crippen molar-refractivity contribution >= 4 is 11.9 Å². The third kappa shape index (κ3) is 5.10. The summed E-state index contributed by atoms with van der Waals surface area (Å²) < 4.78 is 5.61. The van der Waals surface area contributed by atoms with Gasteiger partial charge in [0.05, 0.1) is 0 Å². The average molecular weight is 293 g/mol. The summed E-state index contributed by atoms with van der Waals surface area (Å²) in [6, 6.07) is 8.13. The summed E-state index contributed by atoms with van der Waals surface area (Å²) >= 11 is 0. The summed E-state index contributed by atoms with van der Waals surface area (Å²) in [7, 11) is 0. The second-order valence-electron chi connectivity index (χ2n) is 5.04. The molecule has 5 nitrogen and oxygen atoms in total. The molecule has 5 heteroatoms. The number of hydrogen-bond acceptors (Lipinski definition) is 3. The molecule has 116 valence electrons. The maximum Gasteiger partial charge on any atom is 0.326 e. The predicted octanol–water partition coefficient (Wildman–Crippen LogP) is 2.46. The first kappa shape index (κ1) is 17.0. The van der Waals surface area contributed by atoms with E-state index in [-0.39, 0.29) is 5.92 Å². The number of benzene rings is 1. The molecule has 0 aromatic heterocycles. The lowest BCUT2D eigenvalue weighted by molar-refractivity contribution is -0.144. The maximum absolute atomic E-state index is 12.2. The number of rotatable bonds is 8. The summed E-state index contributed by atoms with van der Waals surface area (Å²) in [4.78, 5) is 23.5. The Balaban J connectivity index is 2.72. The van der Waals surface area contributed by atoms with Crippen molar-refractivity contribution in [2.75, 3.05) is 0 Å². The molecule has 2 N–H and O–H groups in total. The molecule has 0 aliphatic rings. The van der Waals surface area contributed by atoms with Crippen LogP contribution in [-0.4, -0.2) is 29.1 Å². The fourth-order valence-electron chi connectivity index (χ4n) is 1.91. The normalized spacial score (nSPS) is 14.8. The van der Waals surface area contributed by atoms with Gasteiger partial charge in [-0.05, 0) is 24.5 Å². The zero-order valence-corrected chi connectivity index (χ0v) is 12.7. The third-order valence-electron chi connectivity index (χ3n) is 3.46. The van der Waals surface area contributed by atoms with E-state index in [0.717, 1.165) is 0 Å². The molecular formula is C16H23NO4. The Kier molecular flexibility index (Phi) is 6.72. The molecule has 1 rings (SSSR count). The molecule has 0 saturated carbocycles. The van der Waals surface area contributed by atoms with Crippen LogP contribution in [0.2, 0.25) is 0 Å². The smallest absolute Gasteiger partial charge is 0.326 e. The van der Waals surface area contributed by atoms with Crippen LogP contribution in [0.1, 0.15) is 33.6 Å². The Bertz CT molecular complexity index is 461. The van der Waals surface area contributed by atoms with Gasteiger partial charge in [0.25, 0.3) is 5.91 Å². The number of para-hydroxylation sites is 1. The molecule has 1 aromatic carbocycles. The van der Waals surface area contributed by atoms with Crippen LogP contribution in [0.15, 0.2) is 30.3 Å². The number of aliphatic carboxylic acids is 1. The van der Waals surface area contributed by atoms with Gasteiger partial charge >= 0.3 is 5.97 Å². The van der Waals surface area contributed by atoms with Crippen molar-refractivity contribution in [2.24, 2.45) is 5.92 Å². The van der Waals surface area contributed by atoms with Gasteiger partial charge in [0.1, 0.15) is 11.8 Å². The van der Waals surface area contributed by atoms with Crippen molar-refractivity contribution in [3.8, 4) is 5.75 Å². The van der Waals surface area contributed by atoms with Crippen LogP contribution < -0.4 is 10.1 Å². The monoisotopic (exact) mass is 293 g/mol. The van der Waals surface area contributed by atoms with Crippen LogP contribution in [0.4, 0.5) is 0 Å². The van der Waals surface area contributed by atoms with E-state index in [1.165, 1.54) is 0 Å². The molecule has 0 aliphatic carbocycles. The van der Waals surface area contributed by atoms with E-state index in [1.54, 1.807) is 19.1 Å². The quantitative estimate of drug-likeness (QED) is 0.772. The largest absolute Gasteiger partial charge is 0.481 e. The first-order valence-electron chi connectivity index (χ1n) is 7.24. The SMILES string of the molecule is CCC(Oc1ccccc1)C(=O)N[C@H](C(=O)O)C(C)CC. The van der Waals surface area contributed by atoms with E-state index in [4.69, 9.17) is 4.74 Å². The van der Waals surface area contributed by atoms with Gasteiger partial charge in [0, 0.05) is 0 Å². The fraction of sp³-hybridized carbons (Fsp3) is 0.500. The number of hydrogen-bond donors (Lipinski definition) is 2. The van der Waals surface area contributed by atoms with Crippen LogP contribution in [0.3, 0.4) is 0 Å². The average Bonchev–Trinajstić information content (AvgIpc) is 2.49. The molecule has 3 atom stereocenters. The summed E-state index contributed by atoms with van der Waals surface area (Å²) in [5.74, 6) is -0.961. The van der Waals surface area contributed by atoms with Gasteiger partial charge in [-0.1, -0.05) is 45.4 Å². The van der Waals surface area contributed by atoms with Crippen molar-refractivity contribution < 1.29 is 19.4 Å². The Morgan fingerprint density at radius 2 is 1.81 bits per heavy atom. The van der Waals surface area contributed by atoms with Crippen LogP contribution >= 0.6 is 0 Å². The highest BCUT2D eigenvalue weighted by Gasteiger charge is 2.28. The van der Waals surface area contributed by atoms with Gasteiger partial charge in [-0.2, -0.15) is 0 Å². The molecule has 0 spiro atoms. The molecule has 0 heterocycles. The zero-order chi connectivity index (χ0) is 15.8. The topological polar surface area (TPSA) is 75.6 Å². The van der Waals surface area contributed by atoms with Crippen molar-refractivity contribution in [3.05, 3.63) is 30.3 Å². The maximum atomic E-state index is 12.2. The summed E-state index contributed by atoms with van der Waals surface area (Å²) in [5.41, 5.74) is 0. The van der Waals surface area contributed by atoms with Gasteiger partial charge < -0.3 is 15.2 Å². The van der Waals surface area contributed by atoms with Crippen molar-refractivity contribution in [1.82, 2.24) is 5.32 Å². The molecule has 1 aromatic rings. The Hall–Kier alpha value is -2.04. The Labute approximate surface area is 125 Å². The highest BCUT2D eigenvalue weighted by molar-refractivity contribution is 5.86. The molecule has 0 fully saturated rings. The standard InChI is InChI=1S/C16H23NO4/c1-4-11(3)14(16(19)20)17-15(18)13(5-2)21-12-9-7-6-8-10-12/h6-11,13-14H,4-5H2,1-3H3,(H,17,18)(H,19,20)/t11?,13?,14-/m0/s1. The van der Waals surface area contributed by atoms with E-state index in [9.17, 15) is 14.7 Å². The van der Waals surface area contributed by atoms with E-state index in [1.807, 2.05) is 32.0 Å². The predicted molar refractivity (Wildman–Crippen MR) is 80.2 cm³/mol. The van der Waals surface area contributed by atoms with Gasteiger partial charge in [0.2, 0.25) is 0 Å². The summed E-state index contributed by atoms with van der Waals surface area (Å²) in [5, 5.41) is 11.8. The van der Waals surface area contributed by atoms with Gasteiger partial charge in [0.15, 0.2) is 6.10 Å². The van der Waals surface area contributed by atoms with Crippen LogP contribution in [-0.2, 0) is 9.59 Å². The summed E-state index contributed by atoms with van der Waals surface area (Å²) in [6.45, 7) is 5.52. The first-order valence-corrected chi connectivity index (χ1v) is 7.24. The Morgan fingerprint density at radius 3 is 2.29 bits per heavy atom. The van der Waals surface area contributed by atoms with Gasteiger partial charge in [-0.25, -0.2) is 4.79 Å². The molecule has 21 heavy (non-hydrogen) atoms. The van der Waals surface area contributed by atoms with Gasteiger partial charge in [-0.15, -0.1) is 0 Å². The minimum Gasteiger partial charge on any atom is -0.481 e. The number of carboxylic acid groups (broad SMARTS) is 1. The minimum atomic E-state index is -1.02. The number of carboxylic acids is 1. The first-order chi connectivity index (χ1) is 9.99. The molecule has 0 aliphatic heterocycles. The molecule has 1 amide bonds. The van der Waals surface area contributed by atoms with Crippen LogP contribution in [0.25, 0.3) is 0 Å². The van der Waals surface area contributed by atoms with Crippen LogP contribution in [0, 0.1) is 5.92 Å². The van der Waals surface area contributed by atoms with Crippen molar-refractivity contribution in [3.63, 3.8) is 0 Å². The summed E-state index contributed by atoms with van der Waals surface area (Å²) in [6.07, 6.45) is 0.444. The third-order valence-corrected chi connectivity index (χ3v) is 3.46. The molecule has 0 bridgehead atoms. The lowest BCUT2D eigenvalue weighted by atomic mass is 9.99.